The highest BCUT2D eigenvalue weighted by atomic mass is 19.3. The van der Waals surface area contributed by atoms with Crippen molar-refractivity contribution in [3.05, 3.63) is 0 Å². The minimum Gasteiger partial charge on any atom is -0.378 e. The molecule has 30 heavy (non-hydrogen) atoms. The topological polar surface area (TPSA) is 77.1 Å². The summed E-state index contributed by atoms with van der Waals surface area (Å²) in [6, 6.07) is -0.811. The summed E-state index contributed by atoms with van der Waals surface area (Å²) in [6.07, 6.45) is 5.52. The number of alkyl halides is 2. The average molecular weight is 433 g/mol. The number of rotatable bonds is 9. The highest BCUT2D eigenvalue weighted by Gasteiger charge is 2.43. The molecule has 9 heteroatoms. The molecule has 7 nitrogen and oxygen atoms in total. The molecule has 3 unspecified atom stereocenters. The Morgan fingerprint density at radius 1 is 1.23 bits per heavy atom. The number of fused-ring (bicyclic) bond motifs is 3. The molecule has 3 atom stereocenters. The van der Waals surface area contributed by atoms with E-state index in [9.17, 15) is 18.4 Å². The number of halogens is 2. The Kier molecular flexibility index (Phi) is 8.04. The number of ether oxygens (including phenoxy) is 3. The van der Waals surface area contributed by atoms with Crippen LogP contribution < -0.4 is 5.32 Å². The van der Waals surface area contributed by atoms with Crippen LogP contribution in [0, 0.1) is 11.3 Å². The van der Waals surface area contributed by atoms with Gasteiger partial charge in [0.25, 0.3) is 0 Å². The van der Waals surface area contributed by atoms with Crippen molar-refractivity contribution < 1.29 is 32.6 Å². The van der Waals surface area contributed by atoms with E-state index >= 15 is 0 Å². The first-order valence-electron chi connectivity index (χ1n) is 11.0. The highest BCUT2D eigenvalue weighted by molar-refractivity contribution is 5.87. The average Bonchev–Trinajstić information content (AvgIpc) is 2.75. The second kappa shape index (κ2) is 10.3. The number of amides is 2. The van der Waals surface area contributed by atoms with Crippen molar-refractivity contribution in [2.45, 2.75) is 77.2 Å². The Balaban J connectivity index is 1.58. The van der Waals surface area contributed by atoms with Gasteiger partial charge < -0.3 is 24.4 Å². The van der Waals surface area contributed by atoms with Crippen molar-refractivity contribution in [2.24, 2.45) is 11.3 Å². The lowest BCUT2D eigenvalue weighted by atomic mass is 9.72. The lowest BCUT2D eigenvalue weighted by Gasteiger charge is -2.46. The molecule has 3 heterocycles. The highest BCUT2D eigenvalue weighted by Crippen LogP contribution is 2.43. The molecule has 3 aliphatic heterocycles. The smallest absolute Gasteiger partial charge is 0.345 e. The van der Waals surface area contributed by atoms with Crippen LogP contribution in [-0.2, 0) is 23.8 Å². The predicted molar refractivity (Wildman–Crippen MR) is 105 cm³/mol. The van der Waals surface area contributed by atoms with Crippen LogP contribution in [0.3, 0.4) is 0 Å². The lowest BCUT2D eigenvalue weighted by molar-refractivity contribution is -0.159. The SMILES string of the molecule is CC(=O)NC(C(=O)N1CCCC(COC(F)F)C1)C(C)OCC12CCC(CC1)OC2. The molecule has 0 aromatic rings. The van der Waals surface area contributed by atoms with E-state index < -0.39 is 18.8 Å². The largest absolute Gasteiger partial charge is 0.378 e. The quantitative estimate of drug-likeness (QED) is 0.605. The molecule has 172 valence electrons. The third kappa shape index (κ3) is 6.11. The third-order valence-electron chi connectivity index (χ3n) is 6.65. The molecule has 0 aromatic heterocycles. The zero-order valence-electron chi connectivity index (χ0n) is 17.9. The summed E-state index contributed by atoms with van der Waals surface area (Å²) in [7, 11) is 0. The summed E-state index contributed by atoms with van der Waals surface area (Å²) < 4.78 is 41.1. The van der Waals surface area contributed by atoms with Gasteiger partial charge in [0.2, 0.25) is 11.8 Å². The Morgan fingerprint density at radius 2 is 1.97 bits per heavy atom. The second-order valence-electron chi connectivity index (χ2n) is 9.09. The Morgan fingerprint density at radius 3 is 2.57 bits per heavy atom. The molecule has 0 radical (unpaired) electrons. The molecule has 0 aromatic carbocycles. The van der Waals surface area contributed by atoms with E-state index in [2.05, 4.69) is 10.1 Å². The fraction of sp³-hybridized carbons (Fsp3) is 0.905. The summed E-state index contributed by atoms with van der Waals surface area (Å²) in [5.74, 6) is -0.682. The fourth-order valence-electron chi connectivity index (χ4n) is 4.81. The van der Waals surface area contributed by atoms with Crippen LogP contribution >= 0.6 is 0 Å². The summed E-state index contributed by atoms with van der Waals surface area (Å²) in [5, 5.41) is 2.73. The maximum atomic E-state index is 13.2. The minimum atomic E-state index is -2.81. The molecule has 4 rings (SSSR count). The van der Waals surface area contributed by atoms with Gasteiger partial charge in [-0.1, -0.05) is 0 Å². The van der Waals surface area contributed by atoms with Crippen LogP contribution in [0.15, 0.2) is 0 Å². The number of nitrogens with zero attached hydrogens (tertiary/aromatic N) is 1. The zero-order chi connectivity index (χ0) is 21.7. The van der Waals surface area contributed by atoms with Crippen LogP contribution in [0.4, 0.5) is 8.78 Å². The molecule has 1 aliphatic carbocycles. The molecular formula is C21H34F2N2O5. The second-order valence-corrected chi connectivity index (χ2v) is 9.09. The Hall–Kier alpha value is -1.32. The van der Waals surface area contributed by atoms with E-state index in [0.717, 1.165) is 32.1 Å². The van der Waals surface area contributed by atoms with Crippen molar-refractivity contribution in [3.63, 3.8) is 0 Å². The van der Waals surface area contributed by atoms with Gasteiger partial charge in [-0.2, -0.15) is 8.78 Å². The minimum absolute atomic E-state index is 0.00430. The van der Waals surface area contributed by atoms with E-state index in [4.69, 9.17) is 9.47 Å². The van der Waals surface area contributed by atoms with E-state index in [0.29, 0.717) is 38.8 Å². The van der Waals surface area contributed by atoms with Gasteiger partial charge in [0, 0.05) is 31.3 Å². The van der Waals surface area contributed by atoms with Crippen molar-refractivity contribution in [2.75, 3.05) is 32.9 Å². The zero-order valence-corrected chi connectivity index (χ0v) is 17.9. The number of piperidine rings is 1. The van der Waals surface area contributed by atoms with E-state index in [-0.39, 0.29) is 29.8 Å². The maximum Gasteiger partial charge on any atom is 0.345 e. The predicted octanol–water partition coefficient (Wildman–Crippen LogP) is 2.33. The number of nitrogens with one attached hydrogen (secondary N) is 1. The van der Waals surface area contributed by atoms with Gasteiger partial charge in [0.15, 0.2) is 0 Å². The standard InChI is InChI=1S/C21H34F2N2O5/c1-14(29-12-21-7-5-17(6-8-21)30-13-21)18(24-15(2)26)19(27)25-9-3-4-16(10-25)11-28-20(22)23/h14,16-18,20H,3-13H2,1-2H3,(H,24,26). The maximum absolute atomic E-state index is 13.2. The van der Waals surface area contributed by atoms with Gasteiger partial charge >= 0.3 is 6.61 Å². The van der Waals surface area contributed by atoms with Crippen LogP contribution in [0.2, 0.25) is 0 Å². The van der Waals surface area contributed by atoms with Crippen LogP contribution in [0.1, 0.15) is 52.4 Å². The summed E-state index contributed by atoms with van der Waals surface area (Å²) in [5.41, 5.74) is -0.00430. The van der Waals surface area contributed by atoms with Gasteiger partial charge in [-0.25, -0.2) is 0 Å². The normalized spacial score (nSPS) is 30.9. The first-order valence-corrected chi connectivity index (χ1v) is 11.0. The Labute approximate surface area is 176 Å². The Bertz CT molecular complexity index is 584. The van der Waals surface area contributed by atoms with Gasteiger partial charge in [-0.15, -0.1) is 0 Å². The summed E-state index contributed by atoms with van der Waals surface area (Å²) in [6.45, 7) is 2.33. The van der Waals surface area contributed by atoms with Gasteiger partial charge in [-0.05, 0) is 45.4 Å². The summed E-state index contributed by atoms with van der Waals surface area (Å²) >= 11 is 0. The van der Waals surface area contributed by atoms with E-state index in [1.165, 1.54) is 6.92 Å². The number of likely N-dealkylation sites (tertiary alicyclic amines) is 1. The van der Waals surface area contributed by atoms with Crippen molar-refractivity contribution in [3.8, 4) is 0 Å². The number of carbonyl (C=O) groups is 2. The van der Waals surface area contributed by atoms with Gasteiger partial charge in [-0.3, -0.25) is 9.59 Å². The number of carbonyl (C=O) groups excluding carboxylic acids is 2. The summed E-state index contributed by atoms with van der Waals surface area (Å²) in [4.78, 5) is 26.6. The van der Waals surface area contributed by atoms with Crippen LogP contribution in [-0.4, -0.2) is 74.5 Å². The molecule has 2 amide bonds. The van der Waals surface area contributed by atoms with Gasteiger partial charge in [0.1, 0.15) is 6.04 Å². The monoisotopic (exact) mass is 432 g/mol. The van der Waals surface area contributed by atoms with Crippen molar-refractivity contribution in [1.82, 2.24) is 10.2 Å². The fourth-order valence-corrected chi connectivity index (χ4v) is 4.81. The molecular weight excluding hydrogens is 398 g/mol. The molecule has 1 saturated carbocycles. The first kappa shape index (κ1) is 23.3. The van der Waals surface area contributed by atoms with Crippen LogP contribution in [0.5, 0.6) is 0 Å². The molecule has 1 N–H and O–H groups in total. The molecule has 4 fully saturated rings. The third-order valence-corrected chi connectivity index (χ3v) is 6.65. The number of hydrogen-bond acceptors (Lipinski definition) is 5. The van der Waals surface area contributed by atoms with Crippen LogP contribution in [0.25, 0.3) is 0 Å². The van der Waals surface area contributed by atoms with E-state index in [1.807, 2.05) is 0 Å². The van der Waals surface area contributed by atoms with Crippen molar-refractivity contribution >= 4 is 11.8 Å². The number of hydrogen-bond donors (Lipinski definition) is 1. The first-order chi connectivity index (χ1) is 14.3. The molecule has 2 bridgehead atoms. The van der Waals surface area contributed by atoms with E-state index in [1.54, 1.807) is 11.8 Å². The van der Waals surface area contributed by atoms with Gasteiger partial charge in [0.05, 0.1) is 32.0 Å². The lowest BCUT2D eigenvalue weighted by Crippen LogP contribution is -2.56. The molecule has 3 saturated heterocycles. The molecule has 4 aliphatic rings. The molecule has 0 spiro atoms. The van der Waals surface area contributed by atoms with Crippen molar-refractivity contribution in [1.29, 1.82) is 0 Å².